The number of nitrogen functional groups attached to an aromatic ring is 1. The average molecular weight is 395 g/mol. The highest BCUT2D eigenvalue weighted by Crippen LogP contribution is 2.33. The van der Waals surface area contributed by atoms with Crippen LogP contribution in [-0.4, -0.2) is 19.1 Å². The molecule has 6 heteroatoms. The number of carbonyl (C=O) groups excluding carboxylic acids is 1. The van der Waals surface area contributed by atoms with E-state index in [1.54, 1.807) is 0 Å². The first kappa shape index (κ1) is 19.5. The number of hydrogen-bond acceptors (Lipinski definition) is 4. The van der Waals surface area contributed by atoms with E-state index >= 15 is 0 Å². The lowest BCUT2D eigenvalue weighted by atomic mass is 9.86. The zero-order chi connectivity index (χ0) is 20.8. The van der Waals surface area contributed by atoms with Crippen molar-refractivity contribution in [2.75, 3.05) is 18.9 Å². The molecular weight excluding hydrogens is 369 g/mol. The van der Waals surface area contributed by atoms with E-state index in [0.717, 1.165) is 23.4 Å². The van der Waals surface area contributed by atoms with Crippen LogP contribution in [0.1, 0.15) is 49.1 Å². The molecule has 5 nitrogen and oxygen atoms in total. The summed E-state index contributed by atoms with van der Waals surface area (Å²) >= 11 is 0. The van der Waals surface area contributed by atoms with Gasteiger partial charge < -0.3 is 21.1 Å². The van der Waals surface area contributed by atoms with Crippen LogP contribution in [0.5, 0.6) is 5.75 Å². The first-order valence-electron chi connectivity index (χ1n) is 9.79. The predicted octanol–water partition coefficient (Wildman–Crippen LogP) is 3.44. The van der Waals surface area contributed by atoms with Crippen LogP contribution in [0.3, 0.4) is 0 Å². The van der Waals surface area contributed by atoms with Gasteiger partial charge in [-0.15, -0.1) is 0 Å². The van der Waals surface area contributed by atoms with E-state index in [2.05, 4.69) is 37.5 Å². The standard InChI is InChI=1S/C23H26FN3O2/c1-23(2,3)16-5-4-14-8-15(12-29-20(14)9-16)22(28)27-10-13-6-17(19-11-26-19)21(25)18(24)7-13/h4-9,19,26H,10-12,25H2,1-3H3,(H,27,28). The van der Waals surface area contributed by atoms with Crippen molar-refractivity contribution in [1.82, 2.24) is 10.6 Å². The number of benzene rings is 2. The van der Waals surface area contributed by atoms with Gasteiger partial charge in [-0.1, -0.05) is 39.0 Å². The lowest BCUT2D eigenvalue weighted by molar-refractivity contribution is -0.117. The Morgan fingerprint density at radius 1 is 1.31 bits per heavy atom. The maximum Gasteiger partial charge on any atom is 0.250 e. The molecule has 29 heavy (non-hydrogen) atoms. The van der Waals surface area contributed by atoms with E-state index in [9.17, 15) is 9.18 Å². The second kappa shape index (κ2) is 7.19. The summed E-state index contributed by atoms with van der Waals surface area (Å²) in [4.78, 5) is 12.6. The van der Waals surface area contributed by atoms with Gasteiger partial charge in [-0.25, -0.2) is 4.39 Å². The van der Waals surface area contributed by atoms with Crippen LogP contribution < -0.4 is 21.1 Å². The van der Waals surface area contributed by atoms with Crippen LogP contribution in [0.25, 0.3) is 6.08 Å². The van der Waals surface area contributed by atoms with Crippen molar-refractivity contribution in [3.8, 4) is 5.75 Å². The minimum absolute atomic E-state index is 0.0307. The minimum Gasteiger partial charge on any atom is -0.488 e. The van der Waals surface area contributed by atoms with E-state index in [0.29, 0.717) is 11.1 Å². The highest BCUT2D eigenvalue weighted by atomic mass is 19.1. The molecular formula is C23H26FN3O2. The Balaban J connectivity index is 1.46. The van der Waals surface area contributed by atoms with Crippen LogP contribution in [0.15, 0.2) is 35.9 Å². The van der Waals surface area contributed by atoms with Gasteiger partial charge in [-0.05, 0) is 40.3 Å². The normalized spacial score (nSPS) is 17.8. The van der Waals surface area contributed by atoms with Gasteiger partial charge in [0, 0.05) is 24.7 Å². The topological polar surface area (TPSA) is 86.3 Å². The van der Waals surface area contributed by atoms with Crippen molar-refractivity contribution in [1.29, 1.82) is 0 Å². The third kappa shape index (κ3) is 4.12. The number of halogens is 1. The van der Waals surface area contributed by atoms with Gasteiger partial charge in [0.2, 0.25) is 0 Å². The summed E-state index contributed by atoms with van der Waals surface area (Å²) in [5, 5.41) is 5.98. The molecule has 0 saturated carbocycles. The van der Waals surface area contributed by atoms with Gasteiger partial charge in [-0.3, -0.25) is 4.79 Å². The van der Waals surface area contributed by atoms with Gasteiger partial charge in [-0.2, -0.15) is 0 Å². The van der Waals surface area contributed by atoms with Crippen molar-refractivity contribution in [2.24, 2.45) is 0 Å². The molecule has 2 aromatic rings. The summed E-state index contributed by atoms with van der Waals surface area (Å²) in [6.07, 6.45) is 1.85. The van der Waals surface area contributed by atoms with Crippen molar-refractivity contribution < 1.29 is 13.9 Å². The highest BCUT2D eigenvalue weighted by molar-refractivity contribution is 5.99. The summed E-state index contributed by atoms with van der Waals surface area (Å²) in [6.45, 7) is 7.67. The molecule has 4 rings (SSSR count). The van der Waals surface area contributed by atoms with Crippen LogP contribution in [0, 0.1) is 5.82 Å². The van der Waals surface area contributed by atoms with Crippen LogP contribution >= 0.6 is 0 Å². The van der Waals surface area contributed by atoms with E-state index in [1.807, 2.05) is 24.3 Å². The summed E-state index contributed by atoms with van der Waals surface area (Å²) in [6, 6.07) is 9.39. The molecule has 0 spiro atoms. The summed E-state index contributed by atoms with van der Waals surface area (Å²) in [5.74, 6) is 0.110. The third-order valence-corrected chi connectivity index (χ3v) is 5.34. The Morgan fingerprint density at radius 2 is 2.07 bits per heavy atom. The fourth-order valence-corrected chi connectivity index (χ4v) is 3.42. The van der Waals surface area contributed by atoms with E-state index in [4.69, 9.17) is 10.5 Å². The predicted molar refractivity (Wildman–Crippen MR) is 112 cm³/mol. The van der Waals surface area contributed by atoms with Crippen molar-refractivity contribution in [2.45, 2.75) is 38.8 Å². The van der Waals surface area contributed by atoms with Gasteiger partial charge in [0.25, 0.3) is 5.91 Å². The monoisotopic (exact) mass is 395 g/mol. The van der Waals surface area contributed by atoms with Crippen LogP contribution in [0.2, 0.25) is 0 Å². The molecule has 0 aromatic heterocycles. The van der Waals surface area contributed by atoms with Gasteiger partial charge in [0.05, 0.1) is 11.3 Å². The van der Waals surface area contributed by atoms with Crippen molar-refractivity contribution >= 4 is 17.7 Å². The zero-order valence-electron chi connectivity index (χ0n) is 16.9. The first-order chi connectivity index (χ1) is 13.7. The number of carbonyl (C=O) groups is 1. The highest BCUT2D eigenvalue weighted by Gasteiger charge is 2.26. The number of ether oxygens (including phenoxy) is 1. The largest absolute Gasteiger partial charge is 0.488 e. The van der Waals surface area contributed by atoms with Crippen LogP contribution in [-0.2, 0) is 16.8 Å². The number of nitrogens with two attached hydrogens (primary N) is 1. The van der Waals surface area contributed by atoms with Crippen molar-refractivity contribution in [3.05, 3.63) is 64.0 Å². The maximum absolute atomic E-state index is 14.1. The molecule has 1 unspecified atom stereocenters. The van der Waals surface area contributed by atoms with E-state index in [-0.39, 0.29) is 36.2 Å². The number of hydrogen-bond donors (Lipinski definition) is 3. The van der Waals surface area contributed by atoms with Crippen molar-refractivity contribution in [3.63, 3.8) is 0 Å². The maximum atomic E-state index is 14.1. The molecule has 2 aromatic carbocycles. The lowest BCUT2D eigenvalue weighted by Crippen LogP contribution is -2.28. The Kier molecular flexibility index (Phi) is 4.82. The number of amides is 1. The minimum atomic E-state index is -0.454. The molecule has 1 amide bonds. The Labute approximate surface area is 170 Å². The fourth-order valence-electron chi connectivity index (χ4n) is 3.42. The molecule has 4 N–H and O–H groups in total. The molecule has 2 heterocycles. The van der Waals surface area contributed by atoms with Gasteiger partial charge >= 0.3 is 0 Å². The van der Waals surface area contributed by atoms with E-state index in [1.165, 1.54) is 11.6 Å². The summed E-state index contributed by atoms with van der Waals surface area (Å²) < 4.78 is 19.9. The van der Waals surface area contributed by atoms with Gasteiger partial charge in [0.1, 0.15) is 18.2 Å². The average Bonchev–Trinajstić information content (AvgIpc) is 3.52. The molecule has 152 valence electrons. The second-order valence-corrected chi connectivity index (χ2v) is 8.68. The second-order valence-electron chi connectivity index (χ2n) is 8.68. The quantitative estimate of drug-likeness (QED) is 0.547. The molecule has 0 bridgehead atoms. The first-order valence-corrected chi connectivity index (χ1v) is 9.79. The third-order valence-electron chi connectivity index (χ3n) is 5.34. The molecule has 1 fully saturated rings. The lowest BCUT2D eigenvalue weighted by Gasteiger charge is -2.23. The SMILES string of the molecule is CC(C)(C)c1ccc2c(c1)OCC(C(=O)NCc1cc(F)c(N)c(C3CN3)c1)=C2. The summed E-state index contributed by atoms with van der Waals surface area (Å²) in [7, 11) is 0. The zero-order valence-corrected chi connectivity index (χ0v) is 16.9. The Bertz CT molecular complexity index is 1000. The van der Waals surface area contributed by atoms with Gasteiger partial charge in [0.15, 0.2) is 0 Å². The number of anilines is 1. The number of rotatable bonds is 4. The Hall–Kier alpha value is -2.86. The number of nitrogens with one attached hydrogen (secondary N) is 2. The van der Waals surface area contributed by atoms with Crippen LogP contribution in [0.4, 0.5) is 10.1 Å². The Morgan fingerprint density at radius 3 is 2.76 bits per heavy atom. The summed E-state index contributed by atoms with van der Waals surface area (Å²) in [5.41, 5.74) is 10.1. The molecule has 2 aliphatic rings. The molecule has 1 saturated heterocycles. The fraction of sp³-hybridized carbons (Fsp3) is 0.348. The van der Waals surface area contributed by atoms with E-state index < -0.39 is 5.82 Å². The molecule has 0 aliphatic carbocycles. The number of fused-ring (bicyclic) bond motifs is 1. The molecule has 0 radical (unpaired) electrons. The molecule has 1 atom stereocenters. The molecule has 2 aliphatic heterocycles. The smallest absolute Gasteiger partial charge is 0.250 e.